The molecule has 0 spiro atoms. The predicted molar refractivity (Wildman–Crippen MR) is 318 cm³/mol. The molecule has 0 radical (unpaired) electrons. The highest BCUT2D eigenvalue weighted by atomic mass is 16.5. The zero-order chi connectivity index (χ0) is 61.6. The topological polar surface area (TPSA) is 237 Å². The summed E-state index contributed by atoms with van der Waals surface area (Å²) in [5.74, 6) is -1.83. The number of carbonyl (C=O) groups is 4. The van der Waals surface area contributed by atoms with Crippen molar-refractivity contribution in [2.45, 2.75) is 31.8 Å². The van der Waals surface area contributed by atoms with E-state index in [1.54, 1.807) is 114 Å². The van der Waals surface area contributed by atoms with E-state index in [0.717, 1.165) is 19.3 Å². The number of aryl methyl sites for hydroxylation is 2. The van der Waals surface area contributed by atoms with Crippen molar-refractivity contribution in [1.82, 2.24) is 4.90 Å². The number of aromatic nitrogens is 2. The number of nitrogens with zero attached hydrogens (tertiary/aromatic N) is 3. The lowest BCUT2D eigenvalue weighted by molar-refractivity contribution is -0.671. The standard InChI is InChI=1S/C24H29NO5.C24H28NO5.C8H10O.C7H7NO2.C3H6O3/c2*1-25-13-5-11-23(21-25)24(26)30-19-8-18-28-15-6-14-27-16-7-17-29-20-12-22-9-3-2-4-10-22;9-7-6-8-4-2-1-3-5-8;1-8-4-2-3-6(5-8)7(9)10;4-1-3(6)2-5/h2-10,13-14,17-18,21H,11-12,15-16,19-20H2,1H3;2-11,13-14,17-18,21H,12,15-16,19-20H2,1H3;1-5,9H,6-7H2;2-5H,1H3;1,3,5-6H,2H2/q;+1;;;/b2*14-6+,17-7+,18-8+;;;. The van der Waals surface area contributed by atoms with Gasteiger partial charge in [-0.2, -0.15) is 0 Å². The van der Waals surface area contributed by atoms with Gasteiger partial charge in [0, 0.05) is 51.2 Å². The second-order valence-electron chi connectivity index (χ2n) is 17.5. The minimum absolute atomic E-state index is 0.146. The highest BCUT2D eigenvalue weighted by Crippen LogP contribution is 2.12. The molecule has 85 heavy (non-hydrogen) atoms. The highest BCUT2D eigenvalue weighted by Gasteiger charge is 2.12. The zero-order valence-corrected chi connectivity index (χ0v) is 48.5. The number of carboxylic acids is 1. The van der Waals surface area contributed by atoms with Crippen molar-refractivity contribution in [3.05, 3.63) is 266 Å². The Hall–Kier alpha value is -9.56. The van der Waals surface area contributed by atoms with E-state index in [4.69, 9.17) is 53.2 Å². The Balaban J connectivity index is 0.000000413. The Morgan fingerprint density at radius 1 is 0.553 bits per heavy atom. The third-order valence-electron chi connectivity index (χ3n) is 10.5. The molecule has 5 aromatic rings. The Bertz CT molecular complexity index is 2820. The van der Waals surface area contributed by atoms with Gasteiger partial charge in [-0.05, 0) is 77.9 Å². The van der Waals surface area contributed by atoms with Crippen LogP contribution in [-0.2, 0) is 80.8 Å². The second kappa shape index (κ2) is 49.1. The number of ether oxygens (including phenoxy) is 8. The van der Waals surface area contributed by atoms with Crippen molar-refractivity contribution in [3.8, 4) is 0 Å². The summed E-state index contributed by atoms with van der Waals surface area (Å²) in [4.78, 5) is 45.1. The number of benzene rings is 3. The third-order valence-corrected chi connectivity index (χ3v) is 10.5. The van der Waals surface area contributed by atoms with Gasteiger partial charge in [-0.3, -0.25) is 0 Å². The van der Waals surface area contributed by atoms with Crippen LogP contribution in [0.4, 0.5) is 0 Å². The molecule has 0 fully saturated rings. The average Bonchev–Trinajstić information content (AvgIpc) is 3.54. The molecule has 1 atom stereocenters. The molecule has 3 N–H and O–H groups in total. The maximum absolute atomic E-state index is 11.9. The molecule has 0 saturated heterocycles. The van der Waals surface area contributed by atoms with Crippen LogP contribution in [0.5, 0.6) is 0 Å². The number of aliphatic hydroxyl groups excluding tert-OH is 3. The van der Waals surface area contributed by atoms with Gasteiger partial charge in [0.25, 0.3) is 0 Å². The summed E-state index contributed by atoms with van der Waals surface area (Å²) in [5.41, 5.74) is 5.03. The molecule has 0 bridgehead atoms. The molecule has 3 aromatic carbocycles. The van der Waals surface area contributed by atoms with Crippen molar-refractivity contribution >= 4 is 24.2 Å². The maximum Gasteiger partial charge on any atom is 0.344 e. The van der Waals surface area contributed by atoms with Crippen molar-refractivity contribution in [2.75, 3.05) is 73.1 Å². The van der Waals surface area contributed by atoms with E-state index in [0.29, 0.717) is 57.2 Å². The van der Waals surface area contributed by atoms with Crippen LogP contribution in [0.2, 0.25) is 0 Å². The van der Waals surface area contributed by atoms with Gasteiger partial charge >= 0.3 is 11.9 Å². The molecular weight excluding hydrogens is 1090 g/mol. The third kappa shape index (κ3) is 39.5. The molecule has 1 unspecified atom stereocenters. The molecule has 0 aliphatic carbocycles. The number of hydrogen-bond donors (Lipinski definition) is 3. The number of esters is 2. The number of aldehydes is 1. The van der Waals surface area contributed by atoms with Gasteiger partial charge in [0.05, 0.1) is 74.5 Å². The van der Waals surface area contributed by atoms with Crippen LogP contribution in [0, 0.1) is 0 Å². The van der Waals surface area contributed by atoms with E-state index in [2.05, 4.69) is 24.3 Å². The van der Waals surface area contributed by atoms with Gasteiger partial charge in [-0.1, -0.05) is 97.1 Å². The number of aromatic carboxylic acids is 1. The number of carbonyl (C=O) groups excluding carboxylic acids is 4. The van der Waals surface area contributed by atoms with Crippen LogP contribution in [-0.4, -0.2) is 124 Å². The van der Waals surface area contributed by atoms with E-state index in [1.165, 1.54) is 41.5 Å². The lowest BCUT2D eigenvalue weighted by Crippen LogP contribution is -2.31. The fourth-order valence-corrected chi connectivity index (χ4v) is 6.35. The van der Waals surface area contributed by atoms with Gasteiger partial charge in [-0.25, -0.2) is 18.7 Å². The SMILES string of the molecule is CN1C=CCC(C(=O)OC/C=C/OC/C=C/OC/C=C/OCCc2ccccc2)=C1.C[n+]1cccc(C(=O)OC/C=C/OC/C=C/OC/C=C/OCCc2ccccc2)c1.C[n+]1cccc(C(=O)[O-])c1.O=CC(O)CO.OCCc1ccccc1. The Labute approximate surface area is 498 Å². The fraction of sp³-hybridized carbons (Fsp3) is 0.273. The molecule has 0 saturated carbocycles. The number of allylic oxidation sites excluding steroid dienone is 1. The summed E-state index contributed by atoms with van der Waals surface area (Å²) < 4.78 is 45.7. The number of pyridine rings is 2. The summed E-state index contributed by atoms with van der Waals surface area (Å²) in [6.45, 7) is 2.91. The molecule has 19 nitrogen and oxygen atoms in total. The van der Waals surface area contributed by atoms with Gasteiger partial charge < -0.3 is 72.8 Å². The number of hydrogen-bond acceptors (Lipinski definition) is 17. The lowest BCUT2D eigenvalue weighted by Gasteiger charge is -2.15. The quantitative estimate of drug-likeness (QED) is 0.0147. The number of aliphatic hydroxyl groups is 3. The Morgan fingerprint density at radius 3 is 1.33 bits per heavy atom. The maximum atomic E-state index is 11.9. The van der Waals surface area contributed by atoms with Gasteiger partial charge in [0.15, 0.2) is 31.1 Å². The molecular formula is C66H80N3O16+. The zero-order valence-electron chi connectivity index (χ0n) is 48.5. The molecule has 1 aliphatic heterocycles. The monoisotopic (exact) mass is 1170 g/mol. The fourth-order valence-electron chi connectivity index (χ4n) is 6.35. The Morgan fingerprint density at radius 2 is 0.953 bits per heavy atom. The van der Waals surface area contributed by atoms with E-state index in [-0.39, 0.29) is 43.6 Å². The van der Waals surface area contributed by atoms with Gasteiger partial charge in [-0.15, -0.1) is 0 Å². The number of rotatable bonds is 31. The molecule has 454 valence electrons. The predicted octanol–water partition coefficient (Wildman–Crippen LogP) is 6.23. The molecule has 2 aromatic heterocycles. The first-order chi connectivity index (χ1) is 41.4. The molecule has 0 amide bonds. The first-order valence-electron chi connectivity index (χ1n) is 27.1. The van der Waals surface area contributed by atoms with Crippen molar-refractivity contribution in [2.24, 2.45) is 14.1 Å². The van der Waals surface area contributed by atoms with Crippen LogP contribution in [0.3, 0.4) is 0 Å². The largest absolute Gasteiger partial charge is 0.545 e. The lowest BCUT2D eigenvalue weighted by atomic mass is 10.1. The van der Waals surface area contributed by atoms with Crippen LogP contribution in [0.1, 0.15) is 43.8 Å². The summed E-state index contributed by atoms with van der Waals surface area (Å²) in [7, 11) is 5.47. The van der Waals surface area contributed by atoms with Crippen LogP contribution in [0.25, 0.3) is 0 Å². The molecule has 1 aliphatic rings. The van der Waals surface area contributed by atoms with E-state index in [1.807, 2.05) is 104 Å². The molecule has 19 heteroatoms. The summed E-state index contributed by atoms with van der Waals surface area (Å²) in [6, 6.07) is 37.0. The first-order valence-corrected chi connectivity index (χ1v) is 27.1. The smallest absolute Gasteiger partial charge is 0.344 e. The summed E-state index contributed by atoms with van der Waals surface area (Å²) in [5, 5.41) is 34.7. The van der Waals surface area contributed by atoms with Crippen LogP contribution in [0.15, 0.2) is 238 Å². The first kappa shape index (κ1) is 71.5. The molecule has 6 rings (SSSR count). The minimum atomic E-state index is -1.19. The van der Waals surface area contributed by atoms with Gasteiger partial charge in [0.2, 0.25) is 0 Å². The van der Waals surface area contributed by atoms with Crippen molar-refractivity contribution in [1.29, 1.82) is 0 Å². The van der Waals surface area contributed by atoms with Crippen LogP contribution >= 0.6 is 0 Å². The highest BCUT2D eigenvalue weighted by molar-refractivity contribution is 5.89. The van der Waals surface area contributed by atoms with Gasteiger partial charge in [0.1, 0.15) is 65.4 Å². The van der Waals surface area contributed by atoms with Crippen LogP contribution < -0.4 is 14.2 Å². The minimum Gasteiger partial charge on any atom is -0.545 e. The van der Waals surface area contributed by atoms with Crippen molar-refractivity contribution in [3.63, 3.8) is 0 Å². The normalized spacial score (nSPS) is 11.9. The number of carboxylic acid groups (broad SMARTS) is 1. The second-order valence-corrected chi connectivity index (χ2v) is 17.5. The van der Waals surface area contributed by atoms with E-state index < -0.39 is 18.7 Å². The summed E-state index contributed by atoms with van der Waals surface area (Å²) in [6.07, 6.45) is 34.4. The Kier molecular flexibility index (Phi) is 41.3. The van der Waals surface area contributed by atoms with E-state index in [9.17, 15) is 24.3 Å². The average molecular weight is 1170 g/mol. The van der Waals surface area contributed by atoms with Crippen molar-refractivity contribution < 1.29 is 86.6 Å². The molecule has 3 heterocycles. The summed E-state index contributed by atoms with van der Waals surface area (Å²) >= 11 is 0. The van der Waals surface area contributed by atoms with E-state index >= 15 is 0 Å².